The molecule has 7 heteroatoms. The van der Waals surface area contributed by atoms with E-state index in [0.29, 0.717) is 17.8 Å². The molecule has 22 heavy (non-hydrogen) atoms. The summed E-state index contributed by atoms with van der Waals surface area (Å²) in [6, 6.07) is 7.22. The van der Waals surface area contributed by atoms with Crippen LogP contribution in [0.5, 0.6) is 0 Å². The van der Waals surface area contributed by atoms with Gasteiger partial charge in [-0.1, -0.05) is 11.3 Å². The van der Waals surface area contributed by atoms with Crippen LogP contribution in [-0.2, 0) is 6.54 Å². The minimum atomic E-state index is -0.497. The van der Waals surface area contributed by atoms with Crippen molar-refractivity contribution < 1.29 is 4.79 Å². The van der Waals surface area contributed by atoms with E-state index in [2.05, 4.69) is 20.3 Å². The number of hydrogen-bond donors (Lipinski definition) is 2. The number of carbonyl (C=O) groups is 1. The van der Waals surface area contributed by atoms with Crippen molar-refractivity contribution in [3.8, 4) is 10.6 Å². The van der Waals surface area contributed by atoms with Crippen molar-refractivity contribution >= 4 is 22.4 Å². The molecule has 3 rings (SSSR count). The number of pyridine rings is 2. The van der Waals surface area contributed by atoms with Gasteiger partial charge in [0.1, 0.15) is 0 Å². The molecule has 3 aromatic heterocycles. The van der Waals surface area contributed by atoms with Crippen LogP contribution in [0.2, 0.25) is 0 Å². The van der Waals surface area contributed by atoms with Crippen molar-refractivity contribution in [2.45, 2.75) is 6.54 Å². The molecule has 0 aliphatic heterocycles. The molecule has 0 aliphatic carbocycles. The highest BCUT2D eigenvalue weighted by atomic mass is 32.1. The molecule has 0 fully saturated rings. The van der Waals surface area contributed by atoms with E-state index in [1.807, 2.05) is 12.1 Å². The number of nitrogens with zero attached hydrogens (tertiary/aromatic N) is 3. The predicted molar refractivity (Wildman–Crippen MR) is 85.4 cm³/mol. The van der Waals surface area contributed by atoms with Gasteiger partial charge in [0, 0.05) is 31.3 Å². The van der Waals surface area contributed by atoms with Crippen LogP contribution < -0.4 is 11.1 Å². The van der Waals surface area contributed by atoms with Crippen molar-refractivity contribution in [3.05, 3.63) is 60.2 Å². The third kappa shape index (κ3) is 3.09. The van der Waals surface area contributed by atoms with Gasteiger partial charge in [-0.3, -0.25) is 14.8 Å². The molecule has 0 radical (unpaired) electrons. The molecule has 3 N–H and O–H groups in total. The molecule has 0 aliphatic rings. The summed E-state index contributed by atoms with van der Waals surface area (Å²) in [4.78, 5) is 24.8. The van der Waals surface area contributed by atoms with Crippen LogP contribution in [0.4, 0.5) is 5.13 Å². The molecule has 110 valence electrons. The Bertz CT molecular complexity index is 787. The van der Waals surface area contributed by atoms with Gasteiger partial charge in [0.15, 0.2) is 5.13 Å². The van der Waals surface area contributed by atoms with Crippen molar-refractivity contribution in [2.24, 2.45) is 5.73 Å². The van der Waals surface area contributed by atoms with E-state index in [1.165, 1.54) is 11.3 Å². The Balaban J connectivity index is 1.78. The van der Waals surface area contributed by atoms with Gasteiger partial charge in [-0.15, -0.1) is 0 Å². The molecular formula is C15H13N5OS. The summed E-state index contributed by atoms with van der Waals surface area (Å²) in [7, 11) is 0. The summed E-state index contributed by atoms with van der Waals surface area (Å²) < 4.78 is 0. The second-order valence-corrected chi connectivity index (χ2v) is 5.53. The number of carbonyl (C=O) groups excluding carboxylic acids is 1. The second kappa shape index (κ2) is 6.31. The van der Waals surface area contributed by atoms with E-state index in [9.17, 15) is 4.79 Å². The minimum Gasteiger partial charge on any atom is -0.366 e. The Labute approximate surface area is 131 Å². The van der Waals surface area contributed by atoms with Gasteiger partial charge < -0.3 is 11.1 Å². The monoisotopic (exact) mass is 311 g/mol. The SMILES string of the molecule is NC(=O)c1cccnc1-c1cnc(NCc2ccncc2)s1. The van der Waals surface area contributed by atoms with Crippen molar-refractivity contribution in [3.63, 3.8) is 0 Å². The normalized spacial score (nSPS) is 10.4. The molecule has 0 aromatic carbocycles. The molecule has 1 amide bonds. The van der Waals surface area contributed by atoms with Gasteiger partial charge in [-0.05, 0) is 29.8 Å². The molecule has 3 aromatic rings. The summed E-state index contributed by atoms with van der Waals surface area (Å²) >= 11 is 1.43. The Morgan fingerprint density at radius 2 is 2.00 bits per heavy atom. The average molecular weight is 311 g/mol. The maximum Gasteiger partial charge on any atom is 0.250 e. The maximum absolute atomic E-state index is 11.5. The fourth-order valence-electron chi connectivity index (χ4n) is 1.94. The third-order valence-corrected chi connectivity index (χ3v) is 3.97. The van der Waals surface area contributed by atoms with Crippen LogP contribution in [-0.4, -0.2) is 20.9 Å². The van der Waals surface area contributed by atoms with Crippen molar-refractivity contribution in [1.82, 2.24) is 15.0 Å². The molecule has 0 unspecified atom stereocenters. The number of amides is 1. The van der Waals surface area contributed by atoms with Crippen molar-refractivity contribution in [2.75, 3.05) is 5.32 Å². The lowest BCUT2D eigenvalue weighted by Crippen LogP contribution is -2.12. The van der Waals surface area contributed by atoms with Crippen LogP contribution in [0.15, 0.2) is 49.1 Å². The fourth-order valence-corrected chi connectivity index (χ4v) is 2.77. The Morgan fingerprint density at radius 3 is 2.77 bits per heavy atom. The molecule has 3 heterocycles. The van der Waals surface area contributed by atoms with Crippen molar-refractivity contribution in [1.29, 1.82) is 0 Å². The first-order valence-corrected chi connectivity index (χ1v) is 7.39. The molecular weight excluding hydrogens is 298 g/mol. The fraction of sp³-hybridized carbons (Fsp3) is 0.0667. The molecule has 0 atom stereocenters. The van der Waals surface area contributed by atoms with E-state index < -0.39 is 5.91 Å². The van der Waals surface area contributed by atoms with Gasteiger partial charge in [0.05, 0.1) is 16.1 Å². The highest BCUT2D eigenvalue weighted by molar-refractivity contribution is 7.18. The highest BCUT2D eigenvalue weighted by Gasteiger charge is 2.13. The molecule has 0 spiro atoms. The van der Waals surface area contributed by atoms with E-state index in [1.54, 1.807) is 36.9 Å². The van der Waals surface area contributed by atoms with E-state index in [4.69, 9.17) is 5.73 Å². The number of hydrogen-bond acceptors (Lipinski definition) is 6. The lowest BCUT2D eigenvalue weighted by atomic mass is 10.1. The standard InChI is InChI=1S/C15H13N5OS/c16-14(21)11-2-1-5-18-13(11)12-9-20-15(22-12)19-8-10-3-6-17-7-4-10/h1-7,9H,8H2,(H2,16,21)(H,19,20). The zero-order chi connectivity index (χ0) is 15.4. The minimum absolute atomic E-state index is 0.395. The number of rotatable bonds is 5. The van der Waals surface area contributed by atoms with Crippen LogP contribution in [0.3, 0.4) is 0 Å². The number of thiazole rings is 1. The molecule has 6 nitrogen and oxygen atoms in total. The van der Waals surface area contributed by atoms with Gasteiger partial charge >= 0.3 is 0 Å². The average Bonchev–Trinajstić information content (AvgIpc) is 3.03. The summed E-state index contributed by atoms with van der Waals surface area (Å²) in [6.45, 7) is 0.653. The Kier molecular flexibility index (Phi) is 4.06. The first-order valence-electron chi connectivity index (χ1n) is 6.58. The van der Waals surface area contributed by atoms with E-state index in [0.717, 1.165) is 15.6 Å². The van der Waals surface area contributed by atoms with E-state index >= 15 is 0 Å². The van der Waals surface area contributed by atoms with Gasteiger partial charge in [-0.25, -0.2) is 4.98 Å². The summed E-state index contributed by atoms with van der Waals surface area (Å²) in [5.74, 6) is -0.497. The smallest absolute Gasteiger partial charge is 0.250 e. The quantitative estimate of drug-likeness (QED) is 0.754. The zero-order valence-corrected chi connectivity index (χ0v) is 12.4. The van der Waals surface area contributed by atoms with Crippen LogP contribution in [0.1, 0.15) is 15.9 Å². The molecule has 0 saturated heterocycles. The summed E-state index contributed by atoms with van der Waals surface area (Å²) in [5.41, 5.74) is 7.45. The second-order valence-electron chi connectivity index (χ2n) is 4.50. The van der Waals surface area contributed by atoms with Gasteiger partial charge in [0.2, 0.25) is 0 Å². The third-order valence-electron chi connectivity index (χ3n) is 3.01. The number of aromatic nitrogens is 3. The number of anilines is 1. The number of nitrogens with two attached hydrogens (primary N) is 1. The Morgan fingerprint density at radius 1 is 1.18 bits per heavy atom. The van der Waals surface area contributed by atoms with E-state index in [-0.39, 0.29) is 0 Å². The topological polar surface area (TPSA) is 93.8 Å². The highest BCUT2D eigenvalue weighted by Crippen LogP contribution is 2.29. The number of nitrogens with one attached hydrogen (secondary N) is 1. The summed E-state index contributed by atoms with van der Waals surface area (Å²) in [5, 5.41) is 3.99. The number of primary amides is 1. The molecule has 0 saturated carbocycles. The van der Waals surface area contributed by atoms with Crippen LogP contribution in [0.25, 0.3) is 10.6 Å². The first kappa shape index (κ1) is 14.2. The largest absolute Gasteiger partial charge is 0.366 e. The van der Waals surface area contributed by atoms with Crippen LogP contribution >= 0.6 is 11.3 Å². The molecule has 0 bridgehead atoms. The first-order chi connectivity index (χ1) is 10.7. The maximum atomic E-state index is 11.5. The van der Waals surface area contributed by atoms with Gasteiger partial charge in [0.25, 0.3) is 5.91 Å². The lowest BCUT2D eigenvalue weighted by molar-refractivity contribution is 0.100. The predicted octanol–water partition coefficient (Wildman–Crippen LogP) is 2.31. The lowest BCUT2D eigenvalue weighted by Gasteiger charge is -2.02. The zero-order valence-electron chi connectivity index (χ0n) is 11.6. The van der Waals surface area contributed by atoms with Gasteiger partial charge in [-0.2, -0.15) is 0 Å². The summed E-state index contributed by atoms with van der Waals surface area (Å²) in [6.07, 6.45) is 6.81. The Hall–Kier alpha value is -2.80. The van der Waals surface area contributed by atoms with Crippen LogP contribution in [0, 0.1) is 0 Å².